The summed E-state index contributed by atoms with van der Waals surface area (Å²) in [4.78, 5) is 54.0. The summed E-state index contributed by atoms with van der Waals surface area (Å²) in [5.74, 6) is -1.56. The van der Waals surface area contributed by atoms with Crippen LogP contribution >= 0.6 is 0 Å². The molecule has 0 bridgehead atoms. The number of aryl methyl sites for hydroxylation is 1. The van der Waals surface area contributed by atoms with E-state index < -0.39 is 36.7 Å². The van der Waals surface area contributed by atoms with Crippen LogP contribution < -0.4 is 16.4 Å². The Morgan fingerprint density at radius 3 is 2.60 bits per heavy atom. The zero-order chi connectivity index (χ0) is 29.0. The summed E-state index contributed by atoms with van der Waals surface area (Å²) in [7, 11) is 0. The van der Waals surface area contributed by atoms with Crippen LogP contribution in [0.4, 0.5) is 16.3 Å². The van der Waals surface area contributed by atoms with Gasteiger partial charge in [-0.2, -0.15) is 0 Å². The maximum Gasteiger partial charge on any atom is 0.419 e. The van der Waals surface area contributed by atoms with Gasteiger partial charge in [0.25, 0.3) is 11.8 Å². The van der Waals surface area contributed by atoms with Crippen molar-refractivity contribution >= 4 is 41.2 Å². The molecule has 0 radical (unpaired) electrons. The maximum atomic E-state index is 13.3. The number of benzene rings is 1. The van der Waals surface area contributed by atoms with Crippen LogP contribution in [0.5, 0.6) is 0 Å². The molecular weight excluding hydrogens is 522 g/mol. The molecular formula is C26H29N7O7. The fourth-order valence-corrected chi connectivity index (χ4v) is 3.74. The van der Waals surface area contributed by atoms with Crippen molar-refractivity contribution in [3.05, 3.63) is 64.7 Å². The van der Waals surface area contributed by atoms with E-state index in [2.05, 4.69) is 20.8 Å². The lowest BCUT2D eigenvalue weighted by Gasteiger charge is -2.20. The van der Waals surface area contributed by atoms with Crippen molar-refractivity contribution < 1.29 is 33.2 Å². The number of carbonyl (C=O) groups excluding carboxylic acids is 4. The lowest BCUT2D eigenvalue weighted by molar-refractivity contribution is -0.153. The van der Waals surface area contributed by atoms with Crippen molar-refractivity contribution in [2.24, 2.45) is 5.73 Å². The first-order valence-corrected chi connectivity index (χ1v) is 12.4. The summed E-state index contributed by atoms with van der Waals surface area (Å²) in [5.41, 5.74) is 7.94. The number of aromatic amines is 1. The number of hydrogen-bond donors (Lipinski definition) is 5. The lowest BCUT2D eigenvalue weighted by atomic mass is 10.1. The van der Waals surface area contributed by atoms with E-state index in [1.807, 2.05) is 6.92 Å². The van der Waals surface area contributed by atoms with Crippen LogP contribution in [0.25, 0.3) is 0 Å². The van der Waals surface area contributed by atoms with Crippen LogP contribution in [-0.4, -0.2) is 63.6 Å². The number of H-pyrrole nitrogens is 1. The number of esters is 1. The first-order valence-electron chi connectivity index (χ1n) is 12.4. The smallest absolute Gasteiger partial charge is 0.419 e. The first-order chi connectivity index (χ1) is 19.1. The molecule has 2 heterocycles. The van der Waals surface area contributed by atoms with Crippen molar-refractivity contribution in [1.29, 1.82) is 5.41 Å². The highest BCUT2D eigenvalue weighted by Gasteiger charge is 2.40. The van der Waals surface area contributed by atoms with Crippen molar-refractivity contribution in [2.75, 3.05) is 17.4 Å². The Labute approximate surface area is 228 Å². The molecule has 6 N–H and O–H groups in total. The van der Waals surface area contributed by atoms with Crippen LogP contribution in [0.1, 0.15) is 57.3 Å². The standard InChI is InChI=1S/C26H29N7O7/c1-13-4-5-16(23(34)31-20-8-9-40-32-20)10-19(13)30-22(28)21-14(2)18(11-29-21)24(35)33(17-6-7-17)26(37)39-12-38-25(36)15(3)27/h4-5,8-11,15,17,29H,6-7,12,27H2,1-3H3,(H2,28,30)(H,31,32,34). The number of anilines is 2. The second-order valence-electron chi connectivity index (χ2n) is 9.26. The molecule has 1 aliphatic carbocycles. The Balaban J connectivity index is 1.45. The summed E-state index contributed by atoms with van der Waals surface area (Å²) in [6.45, 7) is 4.22. The molecule has 1 saturated carbocycles. The number of amides is 3. The third-order valence-electron chi connectivity index (χ3n) is 6.14. The lowest BCUT2D eigenvalue weighted by Crippen LogP contribution is -2.40. The van der Waals surface area contributed by atoms with Crippen LogP contribution in [-0.2, 0) is 14.3 Å². The van der Waals surface area contributed by atoms with Gasteiger partial charge < -0.3 is 35.3 Å². The fourth-order valence-electron chi connectivity index (χ4n) is 3.74. The van der Waals surface area contributed by atoms with Gasteiger partial charge in [-0.25, -0.2) is 9.69 Å². The number of aromatic nitrogens is 2. The van der Waals surface area contributed by atoms with E-state index in [0.717, 1.165) is 10.5 Å². The number of rotatable bonds is 9. The van der Waals surface area contributed by atoms with Gasteiger partial charge in [-0.05, 0) is 56.9 Å². The van der Waals surface area contributed by atoms with Crippen LogP contribution in [0.2, 0.25) is 0 Å². The average Bonchev–Trinajstić information content (AvgIpc) is 3.45. The molecule has 14 nitrogen and oxygen atoms in total. The van der Waals surface area contributed by atoms with Gasteiger partial charge in [-0.3, -0.25) is 19.8 Å². The molecule has 1 aliphatic rings. The van der Waals surface area contributed by atoms with Crippen molar-refractivity contribution in [1.82, 2.24) is 15.0 Å². The normalized spacial score (nSPS) is 13.2. The number of nitrogens with zero attached hydrogens (tertiary/aromatic N) is 2. The van der Waals surface area contributed by atoms with E-state index in [0.29, 0.717) is 35.3 Å². The zero-order valence-electron chi connectivity index (χ0n) is 22.1. The largest absolute Gasteiger partial charge is 0.427 e. The minimum absolute atomic E-state index is 0.0583. The topological polar surface area (TPSA) is 206 Å². The van der Waals surface area contributed by atoms with Gasteiger partial charge >= 0.3 is 12.1 Å². The molecule has 4 rings (SSSR count). The van der Waals surface area contributed by atoms with E-state index in [4.69, 9.17) is 25.1 Å². The number of ether oxygens (including phenoxy) is 2. The molecule has 1 unspecified atom stereocenters. The second kappa shape index (κ2) is 11.8. The molecule has 40 heavy (non-hydrogen) atoms. The Morgan fingerprint density at radius 1 is 1.20 bits per heavy atom. The van der Waals surface area contributed by atoms with Crippen molar-refractivity contribution in [3.8, 4) is 0 Å². The minimum atomic E-state index is -0.948. The summed E-state index contributed by atoms with van der Waals surface area (Å²) < 4.78 is 14.5. The predicted molar refractivity (Wildman–Crippen MR) is 142 cm³/mol. The molecule has 0 aliphatic heterocycles. The molecule has 14 heteroatoms. The summed E-state index contributed by atoms with van der Waals surface area (Å²) in [6.07, 6.45) is 3.04. The van der Waals surface area contributed by atoms with Crippen LogP contribution in [0.15, 0.2) is 41.2 Å². The molecule has 2 aromatic heterocycles. The molecule has 3 amide bonds. The van der Waals surface area contributed by atoms with E-state index >= 15 is 0 Å². The number of hydrogen-bond acceptors (Lipinski definition) is 10. The minimum Gasteiger partial charge on any atom is -0.427 e. The van der Waals surface area contributed by atoms with Gasteiger partial charge in [0.1, 0.15) is 18.1 Å². The predicted octanol–water partition coefficient (Wildman–Crippen LogP) is 2.90. The summed E-state index contributed by atoms with van der Waals surface area (Å²) >= 11 is 0. The Morgan fingerprint density at radius 2 is 1.95 bits per heavy atom. The molecule has 1 atom stereocenters. The third-order valence-corrected chi connectivity index (χ3v) is 6.14. The molecule has 0 spiro atoms. The number of carbonyl (C=O) groups is 4. The average molecular weight is 552 g/mol. The van der Waals surface area contributed by atoms with Gasteiger partial charge in [0.15, 0.2) is 5.82 Å². The molecule has 210 valence electrons. The Kier molecular flexibility index (Phi) is 8.29. The van der Waals surface area contributed by atoms with Crippen LogP contribution in [0.3, 0.4) is 0 Å². The zero-order valence-corrected chi connectivity index (χ0v) is 22.1. The van der Waals surface area contributed by atoms with Crippen LogP contribution in [0, 0.1) is 19.3 Å². The number of nitrogens with one attached hydrogen (secondary N) is 4. The first kappa shape index (κ1) is 28.0. The van der Waals surface area contributed by atoms with Crippen molar-refractivity contribution in [2.45, 2.75) is 45.7 Å². The molecule has 3 aromatic rings. The fraction of sp³-hybridized carbons (Fsp3) is 0.308. The SMILES string of the molecule is Cc1ccc(C(=O)Nc2ccon2)cc1NC(=N)c1[nH]cc(C(=O)N(C(=O)OCOC(=O)C(C)N)C2CC2)c1C. The van der Waals surface area contributed by atoms with Gasteiger partial charge in [-0.15, -0.1) is 0 Å². The highest BCUT2D eigenvalue weighted by Crippen LogP contribution is 2.30. The molecule has 1 aromatic carbocycles. The molecule has 0 saturated heterocycles. The number of amidine groups is 1. The van der Waals surface area contributed by atoms with E-state index in [1.165, 1.54) is 25.5 Å². The number of nitrogens with two attached hydrogens (primary N) is 1. The maximum absolute atomic E-state index is 13.3. The molecule has 1 fully saturated rings. The summed E-state index contributed by atoms with van der Waals surface area (Å²) in [5, 5.41) is 17.8. The number of imide groups is 1. The Hall–Kier alpha value is -4.98. The van der Waals surface area contributed by atoms with E-state index in [1.54, 1.807) is 25.1 Å². The van der Waals surface area contributed by atoms with E-state index in [9.17, 15) is 19.2 Å². The quantitative estimate of drug-likeness (QED) is 0.114. The van der Waals surface area contributed by atoms with Gasteiger partial charge in [0.2, 0.25) is 6.79 Å². The van der Waals surface area contributed by atoms with Gasteiger partial charge in [0.05, 0.1) is 11.3 Å². The van der Waals surface area contributed by atoms with Gasteiger partial charge in [-0.1, -0.05) is 11.2 Å². The third kappa shape index (κ3) is 6.35. The Bertz CT molecular complexity index is 1440. The van der Waals surface area contributed by atoms with E-state index in [-0.39, 0.29) is 23.3 Å². The summed E-state index contributed by atoms with van der Waals surface area (Å²) in [6, 6.07) is 5.25. The highest BCUT2D eigenvalue weighted by atomic mass is 16.7. The van der Waals surface area contributed by atoms with Crippen molar-refractivity contribution in [3.63, 3.8) is 0 Å². The van der Waals surface area contributed by atoms with Gasteiger partial charge in [0, 0.05) is 29.6 Å². The highest BCUT2D eigenvalue weighted by molar-refractivity contribution is 6.11. The second-order valence-corrected chi connectivity index (χ2v) is 9.26. The monoisotopic (exact) mass is 551 g/mol.